The van der Waals surface area contributed by atoms with Crippen LogP contribution in [0.25, 0.3) is 0 Å². The fourth-order valence-electron chi connectivity index (χ4n) is 2.87. The van der Waals surface area contributed by atoms with Gasteiger partial charge in [-0.3, -0.25) is 4.79 Å². The summed E-state index contributed by atoms with van der Waals surface area (Å²) in [6.45, 7) is 3.16. The number of carbonyl (C=O) groups is 1. The molecule has 1 unspecified atom stereocenters. The van der Waals surface area contributed by atoms with Crippen molar-refractivity contribution in [2.75, 3.05) is 26.2 Å². The topological polar surface area (TPSA) is 52.6 Å². The zero-order chi connectivity index (χ0) is 14.9. The van der Waals surface area contributed by atoms with E-state index in [-0.39, 0.29) is 12.5 Å². The lowest BCUT2D eigenvalue weighted by atomic mass is 9.94. The summed E-state index contributed by atoms with van der Waals surface area (Å²) < 4.78 is 0. The van der Waals surface area contributed by atoms with Crippen LogP contribution < -0.4 is 5.32 Å². The number of amides is 1. The number of hydrogen-bond acceptors (Lipinski definition) is 3. The minimum atomic E-state index is 0.0174. The Hall–Kier alpha value is -1.39. The lowest BCUT2D eigenvalue weighted by Crippen LogP contribution is -2.34. The molecule has 0 aliphatic carbocycles. The zero-order valence-electron chi connectivity index (χ0n) is 12.6. The van der Waals surface area contributed by atoms with Gasteiger partial charge in [0.05, 0.1) is 6.61 Å². The van der Waals surface area contributed by atoms with Crippen molar-refractivity contribution in [2.45, 2.75) is 32.2 Å². The Morgan fingerprint density at radius 1 is 1.33 bits per heavy atom. The average molecular weight is 290 g/mol. The van der Waals surface area contributed by atoms with Gasteiger partial charge in [-0.05, 0) is 43.8 Å². The number of aliphatic hydroxyl groups is 1. The van der Waals surface area contributed by atoms with Crippen LogP contribution in [0.15, 0.2) is 30.3 Å². The van der Waals surface area contributed by atoms with Gasteiger partial charge in [0.15, 0.2) is 0 Å². The highest BCUT2D eigenvalue weighted by Crippen LogP contribution is 2.17. The Labute approximate surface area is 127 Å². The van der Waals surface area contributed by atoms with E-state index in [1.807, 2.05) is 30.3 Å². The highest BCUT2D eigenvalue weighted by Gasteiger charge is 2.18. The van der Waals surface area contributed by atoms with E-state index in [9.17, 15) is 9.90 Å². The van der Waals surface area contributed by atoms with Gasteiger partial charge in [0.2, 0.25) is 5.91 Å². The molecule has 1 saturated heterocycles. The van der Waals surface area contributed by atoms with Crippen LogP contribution in [-0.2, 0) is 11.3 Å². The van der Waals surface area contributed by atoms with E-state index in [4.69, 9.17) is 0 Å². The molecule has 0 spiro atoms. The number of piperidine rings is 1. The number of benzene rings is 1. The largest absolute Gasteiger partial charge is 0.395 e. The summed E-state index contributed by atoms with van der Waals surface area (Å²) in [4.78, 5) is 14.1. The summed E-state index contributed by atoms with van der Waals surface area (Å²) >= 11 is 0. The predicted molar refractivity (Wildman–Crippen MR) is 83.8 cm³/mol. The van der Waals surface area contributed by atoms with Gasteiger partial charge < -0.3 is 15.3 Å². The summed E-state index contributed by atoms with van der Waals surface area (Å²) in [6.07, 6.45) is 3.96. The van der Waals surface area contributed by atoms with Crippen molar-refractivity contribution in [3.8, 4) is 0 Å². The molecule has 1 aliphatic heterocycles. The maximum Gasteiger partial charge on any atom is 0.222 e. The summed E-state index contributed by atoms with van der Waals surface area (Å²) in [5.41, 5.74) is 1.11. The van der Waals surface area contributed by atoms with Crippen molar-refractivity contribution >= 4 is 5.91 Å². The van der Waals surface area contributed by atoms with Crippen LogP contribution in [0.4, 0.5) is 0 Å². The number of carbonyl (C=O) groups excluding carboxylic acids is 1. The van der Waals surface area contributed by atoms with Gasteiger partial charge in [0, 0.05) is 19.5 Å². The fraction of sp³-hybridized carbons (Fsp3) is 0.588. The van der Waals surface area contributed by atoms with Crippen molar-refractivity contribution in [1.82, 2.24) is 10.2 Å². The standard InChI is InChI=1S/C17H26N2O2/c20-12-11-19(14-16-5-2-1-3-6-16)17(21)9-8-15-7-4-10-18-13-15/h1-3,5-6,15,18,20H,4,7-14H2. The SMILES string of the molecule is O=C(CCC1CCCNC1)N(CCO)Cc1ccccc1. The van der Waals surface area contributed by atoms with Crippen LogP contribution in [0.5, 0.6) is 0 Å². The first-order valence-corrected chi connectivity index (χ1v) is 7.93. The summed E-state index contributed by atoms with van der Waals surface area (Å²) in [5.74, 6) is 0.772. The highest BCUT2D eigenvalue weighted by atomic mass is 16.3. The molecule has 1 atom stereocenters. The molecule has 1 heterocycles. The average Bonchev–Trinajstić information content (AvgIpc) is 2.54. The Bertz CT molecular complexity index is 416. The Morgan fingerprint density at radius 3 is 2.81 bits per heavy atom. The molecule has 2 N–H and O–H groups in total. The van der Waals surface area contributed by atoms with Crippen LogP contribution >= 0.6 is 0 Å². The van der Waals surface area contributed by atoms with Gasteiger partial charge >= 0.3 is 0 Å². The normalized spacial score (nSPS) is 18.4. The van der Waals surface area contributed by atoms with Gasteiger partial charge in [0.1, 0.15) is 0 Å². The molecule has 4 heteroatoms. The van der Waals surface area contributed by atoms with Crippen molar-refractivity contribution in [2.24, 2.45) is 5.92 Å². The molecule has 0 aromatic heterocycles. The van der Waals surface area contributed by atoms with Gasteiger partial charge in [-0.1, -0.05) is 30.3 Å². The molecule has 116 valence electrons. The summed E-state index contributed by atoms with van der Waals surface area (Å²) in [7, 11) is 0. The van der Waals surface area contributed by atoms with E-state index in [1.165, 1.54) is 12.8 Å². The monoisotopic (exact) mass is 290 g/mol. The van der Waals surface area contributed by atoms with Crippen molar-refractivity contribution in [3.05, 3.63) is 35.9 Å². The Balaban J connectivity index is 1.83. The number of nitrogens with zero attached hydrogens (tertiary/aromatic N) is 1. The third kappa shape index (κ3) is 5.48. The zero-order valence-corrected chi connectivity index (χ0v) is 12.6. The van der Waals surface area contributed by atoms with Crippen molar-refractivity contribution in [1.29, 1.82) is 0 Å². The molecule has 1 aliphatic rings. The first kappa shape index (κ1) is 16.0. The predicted octanol–water partition coefficient (Wildman–Crippen LogP) is 1.79. The third-order valence-corrected chi connectivity index (χ3v) is 4.10. The molecule has 0 saturated carbocycles. The number of hydrogen-bond donors (Lipinski definition) is 2. The lowest BCUT2D eigenvalue weighted by Gasteiger charge is -2.25. The molecule has 1 aromatic rings. The molecule has 1 amide bonds. The molecular weight excluding hydrogens is 264 g/mol. The van der Waals surface area contributed by atoms with E-state index in [0.717, 1.165) is 25.1 Å². The Kier molecular flexibility index (Phi) is 6.70. The quantitative estimate of drug-likeness (QED) is 0.805. The minimum absolute atomic E-state index is 0.0174. The van der Waals surface area contributed by atoms with E-state index >= 15 is 0 Å². The van der Waals surface area contributed by atoms with Crippen molar-refractivity contribution < 1.29 is 9.90 Å². The number of rotatable bonds is 7. The number of aliphatic hydroxyl groups excluding tert-OH is 1. The molecule has 1 fully saturated rings. The highest BCUT2D eigenvalue weighted by molar-refractivity contribution is 5.76. The lowest BCUT2D eigenvalue weighted by molar-refractivity contribution is -0.132. The maximum absolute atomic E-state index is 12.4. The van der Waals surface area contributed by atoms with Crippen LogP contribution in [0.1, 0.15) is 31.2 Å². The maximum atomic E-state index is 12.4. The third-order valence-electron chi connectivity index (χ3n) is 4.10. The summed E-state index contributed by atoms with van der Waals surface area (Å²) in [6, 6.07) is 9.96. The molecule has 0 bridgehead atoms. The molecule has 4 nitrogen and oxygen atoms in total. The fourth-order valence-corrected chi connectivity index (χ4v) is 2.87. The van der Waals surface area contributed by atoms with Crippen LogP contribution in [0.2, 0.25) is 0 Å². The van der Waals surface area contributed by atoms with E-state index < -0.39 is 0 Å². The molecule has 2 rings (SSSR count). The Morgan fingerprint density at radius 2 is 2.14 bits per heavy atom. The second-order valence-electron chi connectivity index (χ2n) is 5.78. The van der Waals surface area contributed by atoms with Gasteiger partial charge in [-0.25, -0.2) is 0 Å². The second kappa shape index (κ2) is 8.80. The van der Waals surface area contributed by atoms with Crippen LogP contribution in [0, 0.1) is 5.92 Å². The molecule has 21 heavy (non-hydrogen) atoms. The van der Waals surface area contributed by atoms with E-state index in [0.29, 0.717) is 25.4 Å². The van der Waals surface area contributed by atoms with E-state index in [1.54, 1.807) is 4.90 Å². The van der Waals surface area contributed by atoms with Gasteiger partial charge in [0.25, 0.3) is 0 Å². The first-order chi connectivity index (χ1) is 10.3. The minimum Gasteiger partial charge on any atom is -0.395 e. The van der Waals surface area contributed by atoms with Crippen molar-refractivity contribution in [3.63, 3.8) is 0 Å². The summed E-state index contributed by atoms with van der Waals surface area (Å²) in [5, 5.41) is 12.6. The number of nitrogens with one attached hydrogen (secondary N) is 1. The van der Waals surface area contributed by atoms with E-state index in [2.05, 4.69) is 5.32 Å². The second-order valence-corrected chi connectivity index (χ2v) is 5.78. The molecular formula is C17H26N2O2. The first-order valence-electron chi connectivity index (χ1n) is 7.93. The van der Waals surface area contributed by atoms with Crippen LogP contribution in [0.3, 0.4) is 0 Å². The van der Waals surface area contributed by atoms with Gasteiger partial charge in [-0.2, -0.15) is 0 Å². The smallest absolute Gasteiger partial charge is 0.222 e. The molecule has 0 radical (unpaired) electrons. The van der Waals surface area contributed by atoms with Crippen LogP contribution in [-0.4, -0.2) is 42.2 Å². The van der Waals surface area contributed by atoms with Gasteiger partial charge in [-0.15, -0.1) is 0 Å². The molecule has 1 aromatic carbocycles.